The lowest BCUT2D eigenvalue weighted by molar-refractivity contribution is -0.137. The number of H-pyrrole nitrogens is 2. The molecule has 0 saturated carbocycles. The maximum absolute atomic E-state index is 13.9. The van der Waals surface area contributed by atoms with Crippen LogP contribution in [0.25, 0.3) is 11.4 Å². The van der Waals surface area contributed by atoms with Crippen molar-refractivity contribution < 1.29 is 26.0 Å². The van der Waals surface area contributed by atoms with Gasteiger partial charge in [-0.2, -0.15) is 18.3 Å². The average molecular weight is 416 g/mol. The summed E-state index contributed by atoms with van der Waals surface area (Å²) in [7, 11) is -4.51. The lowest BCUT2D eigenvalue weighted by atomic mass is 10.1. The quantitative estimate of drug-likeness (QED) is 0.568. The Kier molecular flexibility index (Phi) is 4.75. The van der Waals surface area contributed by atoms with Crippen LogP contribution in [0.3, 0.4) is 0 Å². The van der Waals surface area contributed by atoms with Gasteiger partial charge in [0.05, 0.1) is 11.3 Å². The van der Waals surface area contributed by atoms with Gasteiger partial charge < -0.3 is 0 Å². The molecule has 3 aromatic rings. The summed E-state index contributed by atoms with van der Waals surface area (Å²) < 4.78 is 80.4. The summed E-state index contributed by atoms with van der Waals surface area (Å²) in [6, 6.07) is 5.63. The number of aromatic nitrogens is 3. The third kappa shape index (κ3) is 4.06. The smallest absolute Gasteiger partial charge is 0.289 e. The van der Waals surface area contributed by atoms with E-state index in [2.05, 4.69) is 10.1 Å². The van der Waals surface area contributed by atoms with Crippen LogP contribution in [-0.2, 0) is 16.2 Å². The van der Waals surface area contributed by atoms with Crippen molar-refractivity contribution in [2.24, 2.45) is 0 Å². The fraction of sp³-hybridized carbons (Fsp3) is 0.125. The number of hydrogen-bond acceptors (Lipinski definition) is 4. The molecule has 0 amide bonds. The second kappa shape index (κ2) is 6.78. The van der Waals surface area contributed by atoms with Crippen LogP contribution in [0.15, 0.2) is 46.1 Å². The molecule has 0 spiro atoms. The normalized spacial score (nSPS) is 12.2. The Hall–Kier alpha value is -3.15. The van der Waals surface area contributed by atoms with Gasteiger partial charge in [0, 0.05) is 5.56 Å². The molecule has 12 heteroatoms. The van der Waals surface area contributed by atoms with Crippen molar-refractivity contribution in [3.8, 4) is 11.4 Å². The van der Waals surface area contributed by atoms with Crippen LogP contribution in [0.5, 0.6) is 0 Å². The van der Waals surface area contributed by atoms with Gasteiger partial charge in [0.15, 0.2) is 5.82 Å². The lowest BCUT2D eigenvalue weighted by Crippen LogP contribution is -2.16. The molecule has 0 unspecified atom stereocenters. The van der Waals surface area contributed by atoms with Crippen molar-refractivity contribution >= 4 is 15.7 Å². The van der Waals surface area contributed by atoms with E-state index in [1.165, 1.54) is 13.0 Å². The van der Waals surface area contributed by atoms with Crippen LogP contribution in [0.4, 0.5) is 23.2 Å². The van der Waals surface area contributed by atoms with Crippen molar-refractivity contribution in [2.45, 2.75) is 18.0 Å². The summed E-state index contributed by atoms with van der Waals surface area (Å²) >= 11 is 0. The SMILES string of the molecule is Cc1ccc(F)c(S(=O)(=O)Nc2cc(-c3n[nH]c(=O)[nH]3)cc(C(F)(F)F)c2)c1. The molecule has 0 aliphatic heterocycles. The van der Waals surface area contributed by atoms with Gasteiger partial charge in [0.1, 0.15) is 10.7 Å². The van der Waals surface area contributed by atoms with Crippen molar-refractivity contribution in [2.75, 3.05) is 4.72 Å². The molecule has 3 rings (SSSR count). The predicted octanol–water partition coefficient (Wildman–Crippen LogP) is 3.03. The number of sulfonamides is 1. The van der Waals surface area contributed by atoms with Gasteiger partial charge in [0.25, 0.3) is 10.0 Å². The number of aryl methyl sites for hydroxylation is 1. The van der Waals surface area contributed by atoms with Crippen LogP contribution in [0.1, 0.15) is 11.1 Å². The second-order valence-corrected chi connectivity index (χ2v) is 7.51. The van der Waals surface area contributed by atoms with E-state index in [1.54, 1.807) is 0 Å². The highest BCUT2D eigenvalue weighted by atomic mass is 32.2. The molecule has 3 N–H and O–H groups in total. The molecule has 0 aliphatic rings. The van der Waals surface area contributed by atoms with Gasteiger partial charge in [-0.05, 0) is 42.8 Å². The Morgan fingerprint density at radius 2 is 1.82 bits per heavy atom. The molecule has 0 fully saturated rings. The average Bonchev–Trinajstić information content (AvgIpc) is 3.02. The molecule has 148 valence electrons. The second-order valence-electron chi connectivity index (χ2n) is 5.86. The number of alkyl halides is 3. The molecule has 0 saturated heterocycles. The molecule has 0 atom stereocenters. The highest BCUT2D eigenvalue weighted by Crippen LogP contribution is 2.34. The number of hydrogen-bond donors (Lipinski definition) is 3. The number of benzene rings is 2. The van der Waals surface area contributed by atoms with E-state index < -0.39 is 43.9 Å². The van der Waals surface area contributed by atoms with Gasteiger partial charge >= 0.3 is 11.9 Å². The Morgan fingerprint density at radius 1 is 1.11 bits per heavy atom. The Labute approximate surface area is 155 Å². The van der Waals surface area contributed by atoms with Crippen molar-refractivity contribution in [1.82, 2.24) is 15.2 Å². The van der Waals surface area contributed by atoms with Crippen LogP contribution in [0.2, 0.25) is 0 Å². The summed E-state index contributed by atoms with van der Waals surface area (Å²) in [6.07, 6.45) is -4.80. The van der Waals surface area contributed by atoms with Crippen molar-refractivity contribution in [1.29, 1.82) is 0 Å². The molecular formula is C16H12F4N4O3S. The van der Waals surface area contributed by atoms with E-state index >= 15 is 0 Å². The number of halogens is 4. The minimum Gasteiger partial charge on any atom is -0.289 e. The van der Waals surface area contributed by atoms with Crippen LogP contribution >= 0.6 is 0 Å². The highest BCUT2D eigenvalue weighted by molar-refractivity contribution is 7.92. The minimum atomic E-state index is -4.80. The minimum absolute atomic E-state index is 0.199. The molecular weight excluding hydrogens is 404 g/mol. The van der Waals surface area contributed by atoms with Crippen molar-refractivity contribution in [3.05, 3.63) is 63.8 Å². The summed E-state index contributed by atoms with van der Waals surface area (Å²) in [5.74, 6) is -1.28. The van der Waals surface area contributed by atoms with Gasteiger partial charge in [-0.3, -0.25) is 9.71 Å². The molecule has 0 aliphatic carbocycles. The number of rotatable bonds is 4. The third-order valence-electron chi connectivity index (χ3n) is 3.66. The van der Waals surface area contributed by atoms with E-state index in [0.717, 1.165) is 18.2 Å². The summed E-state index contributed by atoms with van der Waals surface area (Å²) in [4.78, 5) is 12.6. The third-order valence-corrected chi connectivity index (χ3v) is 5.06. The number of nitrogens with zero attached hydrogens (tertiary/aromatic N) is 1. The zero-order valence-corrected chi connectivity index (χ0v) is 14.9. The van der Waals surface area contributed by atoms with E-state index in [9.17, 15) is 30.8 Å². The predicted molar refractivity (Wildman–Crippen MR) is 91.6 cm³/mol. The maximum atomic E-state index is 13.9. The zero-order valence-electron chi connectivity index (χ0n) is 14.1. The molecule has 0 radical (unpaired) electrons. The first kappa shape index (κ1) is 19.6. The number of nitrogens with one attached hydrogen (secondary N) is 3. The maximum Gasteiger partial charge on any atom is 0.416 e. The number of anilines is 1. The Morgan fingerprint density at radius 3 is 2.43 bits per heavy atom. The van der Waals surface area contributed by atoms with Gasteiger partial charge in [-0.25, -0.2) is 22.7 Å². The first-order valence-electron chi connectivity index (χ1n) is 7.62. The summed E-state index contributed by atoms with van der Waals surface area (Å²) in [5, 5.41) is 5.53. The zero-order chi connectivity index (χ0) is 20.7. The Balaban J connectivity index is 2.10. The topological polar surface area (TPSA) is 108 Å². The fourth-order valence-electron chi connectivity index (χ4n) is 2.42. The van der Waals surface area contributed by atoms with Gasteiger partial charge in [0.2, 0.25) is 0 Å². The molecule has 1 heterocycles. The first-order chi connectivity index (χ1) is 13.0. The van der Waals surface area contributed by atoms with Gasteiger partial charge in [-0.1, -0.05) is 6.07 Å². The van der Waals surface area contributed by atoms with Crippen molar-refractivity contribution in [3.63, 3.8) is 0 Å². The summed E-state index contributed by atoms with van der Waals surface area (Å²) in [5.41, 5.74) is -2.17. The fourth-order valence-corrected chi connectivity index (χ4v) is 3.62. The van der Waals surface area contributed by atoms with E-state index in [-0.39, 0.29) is 11.4 Å². The Bertz CT molecular complexity index is 1200. The van der Waals surface area contributed by atoms with Crippen LogP contribution < -0.4 is 10.4 Å². The molecule has 0 bridgehead atoms. The van der Waals surface area contributed by atoms with E-state index in [1.807, 2.05) is 9.82 Å². The van der Waals surface area contributed by atoms with Crippen LogP contribution in [0, 0.1) is 12.7 Å². The number of aromatic amines is 2. The lowest BCUT2D eigenvalue weighted by Gasteiger charge is -2.14. The van der Waals surface area contributed by atoms with E-state index in [0.29, 0.717) is 17.7 Å². The van der Waals surface area contributed by atoms with E-state index in [4.69, 9.17) is 0 Å². The monoisotopic (exact) mass is 416 g/mol. The molecule has 1 aromatic heterocycles. The first-order valence-corrected chi connectivity index (χ1v) is 9.10. The summed E-state index contributed by atoms with van der Waals surface area (Å²) in [6.45, 7) is 1.54. The highest BCUT2D eigenvalue weighted by Gasteiger charge is 2.32. The largest absolute Gasteiger partial charge is 0.416 e. The standard InChI is InChI=1S/C16H12F4N4O3S/c1-8-2-3-12(17)13(4-8)28(26,27)24-11-6-9(14-21-15(25)23-22-14)5-10(7-11)16(18,19)20/h2-7,24H,1H3,(H2,21,22,23,25). The van der Waals surface area contributed by atoms with Gasteiger partial charge in [-0.15, -0.1) is 0 Å². The van der Waals surface area contributed by atoms with Crippen LogP contribution in [-0.4, -0.2) is 23.6 Å². The molecule has 7 nitrogen and oxygen atoms in total. The molecule has 2 aromatic carbocycles. The molecule has 28 heavy (non-hydrogen) atoms.